The molecule has 2 aromatic rings. The van der Waals surface area contributed by atoms with E-state index in [0.29, 0.717) is 0 Å². The van der Waals surface area contributed by atoms with E-state index < -0.39 is 23.0 Å². The summed E-state index contributed by atoms with van der Waals surface area (Å²) in [5.41, 5.74) is 3.86. The number of hydrogen-bond acceptors (Lipinski definition) is 4. The fourth-order valence-electron chi connectivity index (χ4n) is 1.80. The second-order valence-electron chi connectivity index (χ2n) is 4.24. The van der Waals surface area contributed by atoms with E-state index in [9.17, 15) is 19.5 Å². The van der Waals surface area contributed by atoms with E-state index in [1.165, 1.54) is 43.2 Å². The molecule has 8 heteroatoms. The number of pyridine rings is 1. The van der Waals surface area contributed by atoms with E-state index in [1.807, 2.05) is 0 Å². The molecule has 0 aliphatic carbocycles. The van der Waals surface area contributed by atoms with Crippen molar-refractivity contribution in [2.75, 3.05) is 0 Å². The molecule has 0 saturated carbocycles. The van der Waals surface area contributed by atoms with Gasteiger partial charge in [-0.05, 0) is 6.07 Å². The van der Waals surface area contributed by atoms with Gasteiger partial charge in [0.15, 0.2) is 12.4 Å². The SMILES string of the molecule is Cn1c(O)c(-[n+]2cccc(C(N)=O)c2)c(=O)n(C)c1=O. The predicted molar refractivity (Wildman–Crippen MR) is 68.6 cm³/mol. The van der Waals surface area contributed by atoms with Gasteiger partial charge in [0.1, 0.15) is 5.56 Å². The van der Waals surface area contributed by atoms with Gasteiger partial charge >= 0.3 is 16.9 Å². The Morgan fingerprint density at radius 2 is 1.95 bits per heavy atom. The first-order valence-electron chi connectivity index (χ1n) is 5.65. The number of hydrogen-bond donors (Lipinski definition) is 2. The normalized spacial score (nSPS) is 10.5. The van der Waals surface area contributed by atoms with Crippen LogP contribution in [0.2, 0.25) is 0 Å². The summed E-state index contributed by atoms with van der Waals surface area (Å²) in [6, 6.07) is 2.98. The maximum Gasteiger partial charge on any atom is 0.337 e. The maximum absolute atomic E-state index is 12.1. The molecule has 20 heavy (non-hydrogen) atoms. The van der Waals surface area contributed by atoms with Crippen LogP contribution in [-0.2, 0) is 14.1 Å². The summed E-state index contributed by atoms with van der Waals surface area (Å²) >= 11 is 0. The fraction of sp³-hybridized carbons (Fsp3) is 0.167. The number of nitrogens with zero attached hydrogens (tertiary/aromatic N) is 3. The lowest BCUT2D eigenvalue weighted by Gasteiger charge is -2.06. The minimum Gasteiger partial charge on any atom is -0.489 e. The Bertz CT molecular complexity index is 819. The topological polar surface area (TPSA) is 111 Å². The number of rotatable bonds is 2. The number of amides is 1. The van der Waals surface area contributed by atoms with Crippen LogP contribution in [0.5, 0.6) is 5.88 Å². The third-order valence-corrected chi connectivity index (χ3v) is 2.95. The standard InChI is InChI=1S/C12H12N4O4/c1-14-10(18)8(11(19)15(2)12(14)20)16-5-3-4-7(6-16)9(13)17/h3-6H,1-2H3,(H2-,13,17,18,19)/p+1. The Kier molecular flexibility index (Phi) is 3.15. The summed E-state index contributed by atoms with van der Waals surface area (Å²) in [7, 11) is 2.63. The highest BCUT2D eigenvalue weighted by molar-refractivity contribution is 5.92. The molecular formula is C12H13N4O4+. The zero-order valence-corrected chi connectivity index (χ0v) is 10.9. The molecule has 0 radical (unpaired) electrons. The highest BCUT2D eigenvalue weighted by atomic mass is 16.3. The van der Waals surface area contributed by atoms with Crippen LogP contribution in [0.4, 0.5) is 0 Å². The van der Waals surface area contributed by atoms with Crippen LogP contribution < -0.4 is 21.5 Å². The van der Waals surface area contributed by atoms with Crippen molar-refractivity contribution in [2.45, 2.75) is 0 Å². The van der Waals surface area contributed by atoms with Crippen molar-refractivity contribution >= 4 is 5.91 Å². The summed E-state index contributed by atoms with van der Waals surface area (Å²) in [6.07, 6.45) is 2.77. The quantitative estimate of drug-likeness (QED) is 0.628. The molecule has 0 saturated heterocycles. The molecule has 2 rings (SSSR count). The molecule has 0 unspecified atom stereocenters. The van der Waals surface area contributed by atoms with Crippen LogP contribution in [0.25, 0.3) is 5.69 Å². The maximum atomic E-state index is 12.1. The molecule has 1 amide bonds. The lowest BCUT2D eigenvalue weighted by atomic mass is 10.2. The summed E-state index contributed by atoms with van der Waals surface area (Å²) in [4.78, 5) is 34.9. The minimum absolute atomic E-state index is 0.141. The Morgan fingerprint density at radius 3 is 2.55 bits per heavy atom. The second kappa shape index (κ2) is 4.65. The number of aromatic hydroxyl groups is 1. The van der Waals surface area contributed by atoms with E-state index in [1.54, 1.807) is 0 Å². The van der Waals surface area contributed by atoms with Gasteiger partial charge in [0.2, 0.25) is 0 Å². The molecule has 0 spiro atoms. The lowest BCUT2D eigenvalue weighted by Crippen LogP contribution is -2.46. The van der Waals surface area contributed by atoms with Crippen LogP contribution in [0.1, 0.15) is 10.4 Å². The molecule has 3 N–H and O–H groups in total. The van der Waals surface area contributed by atoms with E-state index in [0.717, 1.165) is 9.13 Å². The van der Waals surface area contributed by atoms with Crippen molar-refractivity contribution in [3.8, 4) is 11.6 Å². The fourth-order valence-corrected chi connectivity index (χ4v) is 1.80. The number of carbonyl (C=O) groups is 1. The predicted octanol–water partition coefficient (Wildman–Crippen LogP) is -1.83. The van der Waals surface area contributed by atoms with Gasteiger partial charge in [-0.25, -0.2) is 4.79 Å². The smallest absolute Gasteiger partial charge is 0.337 e. The average molecular weight is 277 g/mol. The summed E-state index contributed by atoms with van der Waals surface area (Å²) in [5, 5.41) is 9.98. The summed E-state index contributed by atoms with van der Waals surface area (Å²) < 4.78 is 3.04. The molecule has 2 heterocycles. The first kappa shape index (κ1) is 13.5. The zero-order valence-electron chi connectivity index (χ0n) is 10.9. The Morgan fingerprint density at radius 1 is 1.30 bits per heavy atom. The van der Waals surface area contributed by atoms with Crippen molar-refractivity contribution < 1.29 is 14.5 Å². The molecule has 0 atom stereocenters. The molecule has 0 fully saturated rings. The monoisotopic (exact) mass is 277 g/mol. The van der Waals surface area contributed by atoms with Crippen LogP contribution in [0.15, 0.2) is 34.1 Å². The molecule has 2 aromatic heterocycles. The van der Waals surface area contributed by atoms with E-state index >= 15 is 0 Å². The van der Waals surface area contributed by atoms with Crippen LogP contribution in [0, 0.1) is 0 Å². The van der Waals surface area contributed by atoms with Gasteiger partial charge in [0, 0.05) is 20.2 Å². The lowest BCUT2D eigenvalue weighted by molar-refractivity contribution is -0.598. The molecule has 0 aliphatic rings. The van der Waals surface area contributed by atoms with Gasteiger partial charge in [-0.3, -0.25) is 18.7 Å². The number of primary amides is 1. The summed E-state index contributed by atoms with van der Waals surface area (Å²) in [5.74, 6) is -1.16. The third-order valence-electron chi connectivity index (χ3n) is 2.95. The highest BCUT2D eigenvalue weighted by Gasteiger charge is 2.24. The number of aromatic nitrogens is 3. The minimum atomic E-state index is -0.683. The van der Waals surface area contributed by atoms with Gasteiger partial charge in [-0.1, -0.05) is 0 Å². The average Bonchev–Trinajstić information content (AvgIpc) is 2.43. The zero-order chi connectivity index (χ0) is 15.0. The van der Waals surface area contributed by atoms with Gasteiger partial charge in [0.25, 0.3) is 11.8 Å². The number of nitrogens with two attached hydrogens (primary N) is 1. The van der Waals surface area contributed by atoms with Crippen LogP contribution >= 0.6 is 0 Å². The van der Waals surface area contributed by atoms with Crippen molar-refractivity contribution in [3.05, 3.63) is 50.9 Å². The Hall–Kier alpha value is -2.90. The van der Waals surface area contributed by atoms with E-state index in [-0.39, 0.29) is 11.3 Å². The molecule has 0 aromatic carbocycles. The van der Waals surface area contributed by atoms with E-state index in [2.05, 4.69) is 0 Å². The van der Waals surface area contributed by atoms with Gasteiger partial charge in [0.05, 0.1) is 0 Å². The van der Waals surface area contributed by atoms with Crippen LogP contribution in [0.3, 0.4) is 0 Å². The largest absolute Gasteiger partial charge is 0.489 e. The summed E-state index contributed by atoms with van der Waals surface area (Å²) in [6.45, 7) is 0. The van der Waals surface area contributed by atoms with Gasteiger partial charge in [-0.15, -0.1) is 0 Å². The van der Waals surface area contributed by atoms with E-state index in [4.69, 9.17) is 5.73 Å². The molecule has 8 nitrogen and oxygen atoms in total. The van der Waals surface area contributed by atoms with Crippen molar-refractivity contribution in [1.82, 2.24) is 9.13 Å². The highest BCUT2D eigenvalue weighted by Crippen LogP contribution is 2.08. The third kappa shape index (κ3) is 1.96. The molecule has 104 valence electrons. The first-order valence-corrected chi connectivity index (χ1v) is 5.65. The molecule has 0 aliphatic heterocycles. The van der Waals surface area contributed by atoms with Crippen molar-refractivity contribution in [1.29, 1.82) is 0 Å². The van der Waals surface area contributed by atoms with Gasteiger partial charge < -0.3 is 10.8 Å². The van der Waals surface area contributed by atoms with Crippen molar-refractivity contribution in [3.63, 3.8) is 0 Å². The molecule has 0 bridgehead atoms. The van der Waals surface area contributed by atoms with Gasteiger partial charge in [-0.2, -0.15) is 4.57 Å². The Labute approximate surface area is 112 Å². The van der Waals surface area contributed by atoms with Crippen LogP contribution in [-0.4, -0.2) is 20.1 Å². The Balaban J connectivity index is 2.84. The second-order valence-corrected chi connectivity index (χ2v) is 4.24. The first-order chi connectivity index (χ1) is 9.34. The van der Waals surface area contributed by atoms with Crippen molar-refractivity contribution in [2.24, 2.45) is 19.8 Å². The number of carbonyl (C=O) groups excluding carboxylic acids is 1. The molecular weight excluding hydrogens is 264 g/mol.